The van der Waals surface area contributed by atoms with Gasteiger partial charge in [-0.15, -0.1) is 24.0 Å². The van der Waals surface area contributed by atoms with Crippen LogP contribution in [0.25, 0.3) is 0 Å². The largest absolute Gasteiger partial charge is 0.370 e. The Morgan fingerprint density at radius 3 is 2.23 bits per heavy atom. The summed E-state index contributed by atoms with van der Waals surface area (Å²) < 4.78 is 13.1. The van der Waals surface area contributed by atoms with Gasteiger partial charge >= 0.3 is 0 Å². The molecule has 1 aromatic carbocycles. The van der Waals surface area contributed by atoms with E-state index < -0.39 is 0 Å². The average Bonchev–Trinajstić information content (AvgIpc) is 2.68. The van der Waals surface area contributed by atoms with Crippen LogP contribution in [0.1, 0.15) is 0 Å². The highest BCUT2D eigenvalue weighted by Crippen LogP contribution is 2.18. The van der Waals surface area contributed by atoms with Crippen molar-refractivity contribution >= 4 is 35.6 Å². The predicted octanol–water partition coefficient (Wildman–Crippen LogP) is 0.880. The van der Waals surface area contributed by atoms with Crippen LogP contribution in [0.5, 0.6) is 0 Å². The Labute approximate surface area is 171 Å². The van der Waals surface area contributed by atoms with E-state index >= 15 is 0 Å². The van der Waals surface area contributed by atoms with Gasteiger partial charge in [0.25, 0.3) is 0 Å². The zero-order chi connectivity index (χ0) is 17.2. The summed E-state index contributed by atoms with van der Waals surface area (Å²) in [6.07, 6.45) is 0. The number of rotatable bonds is 3. The molecule has 6 nitrogen and oxygen atoms in total. The molecule has 4 saturated heterocycles. The van der Waals surface area contributed by atoms with Crippen molar-refractivity contribution in [1.29, 1.82) is 0 Å². The number of guanidine groups is 1. The monoisotopic (exact) mass is 474 g/mol. The third kappa shape index (κ3) is 4.40. The highest BCUT2D eigenvalue weighted by molar-refractivity contribution is 14.0. The van der Waals surface area contributed by atoms with Gasteiger partial charge in [-0.3, -0.25) is 14.8 Å². The van der Waals surface area contributed by atoms with E-state index in [1.165, 1.54) is 25.2 Å². The first-order valence-electron chi connectivity index (χ1n) is 9.21. The second-order valence-corrected chi connectivity index (χ2v) is 7.14. The molecule has 0 saturated carbocycles. The molecule has 0 aromatic heterocycles. The predicted molar refractivity (Wildman–Crippen MR) is 114 cm³/mol. The first-order chi connectivity index (χ1) is 12.2. The standard InChI is InChI=1S/C18H27FN6.HI/c19-15-1-3-16(4-2-15)23-9-11-25(12-10-23)18(20)21-13-17-14-22-5-7-24(17)8-6-22;/h1-4,17H,5-14H2,(H2,20,21);1H. The minimum absolute atomic E-state index is 0. The topological polar surface area (TPSA) is 51.3 Å². The number of fused-ring (bicyclic) bond motifs is 3. The van der Waals surface area contributed by atoms with Crippen molar-refractivity contribution in [2.45, 2.75) is 6.04 Å². The number of hydrogen-bond acceptors (Lipinski definition) is 4. The zero-order valence-corrected chi connectivity index (χ0v) is 17.4. The zero-order valence-electron chi connectivity index (χ0n) is 15.1. The van der Waals surface area contributed by atoms with Crippen LogP contribution in [-0.2, 0) is 0 Å². The number of anilines is 1. The minimum atomic E-state index is -0.192. The fourth-order valence-electron chi connectivity index (χ4n) is 4.04. The van der Waals surface area contributed by atoms with Crippen molar-refractivity contribution in [3.8, 4) is 0 Å². The summed E-state index contributed by atoms with van der Waals surface area (Å²) >= 11 is 0. The Morgan fingerprint density at radius 2 is 1.65 bits per heavy atom. The second kappa shape index (κ2) is 8.71. The van der Waals surface area contributed by atoms with Crippen LogP contribution in [0.3, 0.4) is 0 Å². The summed E-state index contributed by atoms with van der Waals surface area (Å²) in [6, 6.07) is 7.22. The number of nitrogens with zero attached hydrogens (tertiary/aromatic N) is 5. The van der Waals surface area contributed by atoms with Crippen LogP contribution in [0.2, 0.25) is 0 Å². The molecule has 4 aliphatic heterocycles. The van der Waals surface area contributed by atoms with E-state index in [0.717, 1.165) is 58.0 Å². The molecular formula is C18H28FIN6. The number of hydrogen-bond donors (Lipinski definition) is 1. The molecule has 1 atom stereocenters. The lowest BCUT2D eigenvalue weighted by Crippen LogP contribution is -2.62. The van der Waals surface area contributed by atoms with Crippen LogP contribution in [0.15, 0.2) is 29.3 Å². The average molecular weight is 474 g/mol. The highest BCUT2D eigenvalue weighted by atomic mass is 127. The second-order valence-electron chi connectivity index (χ2n) is 7.14. The highest BCUT2D eigenvalue weighted by Gasteiger charge is 2.31. The molecule has 2 N–H and O–H groups in total. The maximum atomic E-state index is 13.1. The van der Waals surface area contributed by atoms with Crippen molar-refractivity contribution in [2.24, 2.45) is 10.7 Å². The normalized spacial score (nSPS) is 28.8. The van der Waals surface area contributed by atoms with Gasteiger partial charge in [-0.25, -0.2) is 4.39 Å². The molecule has 4 aliphatic rings. The van der Waals surface area contributed by atoms with E-state index in [-0.39, 0.29) is 29.8 Å². The van der Waals surface area contributed by atoms with E-state index in [1.54, 1.807) is 0 Å². The summed E-state index contributed by atoms with van der Waals surface area (Å²) in [5, 5.41) is 0. The van der Waals surface area contributed by atoms with Gasteiger partial charge in [-0.1, -0.05) is 0 Å². The van der Waals surface area contributed by atoms with Crippen molar-refractivity contribution in [3.05, 3.63) is 30.1 Å². The lowest BCUT2D eigenvalue weighted by atomic mass is 10.1. The summed E-state index contributed by atoms with van der Waals surface area (Å²) in [5.41, 5.74) is 7.31. The third-order valence-corrected chi connectivity index (χ3v) is 5.65. The molecule has 4 heterocycles. The van der Waals surface area contributed by atoms with Gasteiger partial charge in [0.1, 0.15) is 5.82 Å². The molecule has 1 unspecified atom stereocenters. The SMILES string of the molecule is I.NC(=NCC1CN2CCN1CC2)N1CCN(c2ccc(F)cc2)CC1. The number of nitrogens with two attached hydrogens (primary N) is 1. The fraction of sp³-hybridized carbons (Fsp3) is 0.611. The number of benzene rings is 1. The van der Waals surface area contributed by atoms with E-state index in [0.29, 0.717) is 12.0 Å². The van der Waals surface area contributed by atoms with Gasteiger partial charge in [0.05, 0.1) is 6.54 Å². The van der Waals surface area contributed by atoms with Gasteiger partial charge in [0.15, 0.2) is 5.96 Å². The van der Waals surface area contributed by atoms with Crippen molar-refractivity contribution in [3.63, 3.8) is 0 Å². The van der Waals surface area contributed by atoms with Gasteiger partial charge in [0.2, 0.25) is 0 Å². The summed E-state index contributed by atoms with van der Waals surface area (Å²) in [6.45, 7) is 10.1. The van der Waals surface area contributed by atoms with Crippen LogP contribution in [-0.4, -0.2) is 92.1 Å². The maximum Gasteiger partial charge on any atom is 0.191 e. The first-order valence-corrected chi connectivity index (χ1v) is 9.21. The van der Waals surface area contributed by atoms with Gasteiger partial charge in [0, 0.05) is 70.6 Å². The molecule has 0 aliphatic carbocycles. The number of piperazine rings is 4. The number of aliphatic imine (C=N–C) groups is 1. The minimum Gasteiger partial charge on any atom is -0.370 e. The van der Waals surface area contributed by atoms with Crippen molar-refractivity contribution in [1.82, 2.24) is 14.7 Å². The Bertz CT molecular complexity index is 609. The molecule has 0 spiro atoms. The smallest absolute Gasteiger partial charge is 0.191 e. The molecule has 1 aromatic rings. The molecule has 26 heavy (non-hydrogen) atoms. The Morgan fingerprint density at radius 1 is 1.00 bits per heavy atom. The fourth-order valence-corrected chi connectivity index (χ4v) is 4.04. The Balaban J connectivity index is 0.00000196. The molecule has 2 bridgehead atoms. The lowest BCUT2D eigenvalue weighted by Gasteiger charge is -2.47. The van der Waals surface area contributed by atoms with E-state index in [2.05, 4.69) is 24.6 Å². The van der Waals surface area contributed by atoms with Gasteiger partial charge < -0.3 is 15.5 Å². The van der Waals surface area contributed by atoms with Crippen LogP contribution in [0.4, 0.5) is 10.1 Å². The Kier molecular flexibility index (Phi) is 6.57. The molecule has 8 heteroatoms. The van der Waals surface area contributed by atoms with Crippen LogP contribution >= 0.6 is 24.0 Å². The molecule has 144 valence electrons. The summed E-state index contributed by atoms with van der Waals surface area (Å²) in [5.74, 6) is 0.471. The summed E-state index contributed by atoms with van der Waals surface area (Å²) in [4.78, 5) is 14.2. The quantitative estimate of drug-likeness (QED) is 0.401. The molecular weight excluding hydrogens is 446 g/mol. The van der Waals surface area contributed by atoms with Crippen LogP contribution in [0, 0.1) is 5.82 Å². The lowest BCUT2D eigenvalue weighted by molar-refractivity contribution is 0.0173. The van der Waals surface area contributed by atoms with Gasteiger partial charge in [-0.2, -0.15) is 0 Å². The number of halogens is 2. The first kappa shape index (κ1) is 19.6. The van der Waals surface area contributed by atoms with E-state index in [1.807, 2.05) is 12.1 Å². The molecule has 4 fully saturated rings. The molecule has 0 radical (unpaired) electrons. The van der Waals surface area contributed by atoms with Gasteiger partial charge in [-0.05, 0) is 24.3 Å². The molecule has 5 rings (SSSR count). The maximum absolute atomic E-state index is 13.1. The molecule has 0 amide bonds. The van der Waals surface area contributed by atoms with E-state index in [4.69, 9.17) is 5.73 Å². The third-order valence-electron chi connectivity index (χ3n) is 5.65. The Hall–Kier alpha value is -1.13. The van der Waals surface area contributed by atoms with E-state index in [9.17, 15) is 4.39 Å². The van der Waals surface area contributed by atoms with Crippen molar-refractivity contribution < 1.29 is 4.39 Å². The van der Waals surface area contributed by atoms with Crippen molar-refractivity contribution in [2.75, 3.05) is 70.3 Å². The van der Waals surface area contributed by atoms with Crippen LogP contribution < -0.4 is 10.6 Å². The summed E-state index contributed by atoms with van der Waals surface area (Å²) in [7, 11) is 0.